The molecule has 2 unspecified atom stereocenters. The van der Waals surface area contributed by atoms with Crippen LogP contribution in [0.4, 0.5) is 4.39 Å². The quantitative estimate of drug-likeness (QED) is 0.729. The summed E-state index contributed by atoms with van der Waals surface area (Å²) in [5.74, 6) is 0. The van der Waals surface area contributed by atoms with E-state index in [0.717, 1.165) is 5.56 Å². The zero-order valence-corrected chi connectivity index (χ0v) is 8.29. The lowest BCUT2D eigenvalue weighted by Crippen LogP contribution is -2.38. The molecule has 1 aromatic rings. The second-order valence-corrected chi connectivity index (χ2v) is 3.58. The monoisotopic (exact) mass is 192 g/mol. The van der Waals surface area contributed by atoms with Gasteiger partial charge < -0.3 is 5.73 Å². The van der Waals surface area contributed by atoms with Crippen molar-refractivity contribution in [2.75, 3.05) is 0 Å². The van der Waals surface area contributed by atoms with Gasteiger partial charge in [0.25, 0.3) is 0 Å². The van der Waals surface area contributed by atoms with Crippen LogP contribution in [0.1, 0.15) is 18.1 Å². The predicted octanol–water partition coefficient (Wildman–Crippen LogP) is 2.03. The SMILES string of the molecule is Cc1ccc(C(C)(C#N)C(N)F)cc1. The number of halogens is 1. The number of hydrogen-bond donors (Lipinski definition) is 1. The molecule has 0 amide bonds. The van der Waals surface area contributed by atoms with Gasteiger partial charge in [0.15, 0.2) is 6.30 Å². The fraction of sp³-hybridized carbons (Fsp3) is 0.364. The lowest BCUT2D eigenvalue weighted by atomic mass is 9.83. The van der Waals surface area contributed by atoms with Gasteiger partial charge in [-0.05, 0) is 19.4 Å². The van der Waals surface area contributed by atoms with E-state index < -0.39 is 11.7 Å². The van der Waals surface area contributed by atoms with Gasteiger partial charge in [-0.1, -0.05) is 29.8 Å². The van der Waals surface area contributed by atoms with E-state index >= 15 is 0 Å². The van der Waals surface area contributed by atoms with E-state index in [4.69, 9.17) is 11.0 Å². The number of aryl methyl sites for hydroxylation is 1. The largest absolute Gasteiger partial charge is 0.300 e. The molecule has 2 atom stereocenters. The first kappa shape index (κ1) is 10.7. The third-order valence-corrected chi connectivity index (χ3v) is 2.44. The molecule has 14 heavy (non-hydrogen) atoms. The summed E-state index contributed by atoms with van der Waals surface area (Å²) in [7, 11) is 0. The van der Waals surface area contributed by atoms with Crippen LogP contribution in [0, 0.1) is 18.3 Å². The van der Waals surface area contributed by atoms with Crippen LogP contribution >= 0.6 is 0 Å². The van der Waals surface area contributed by atoms with E-state index in [9.17, 15) is 4.39 Å². The summed E-state index contributed by atoms with van der Waals surface area (Å²) in [5.41, 5.74) is 5.59. The molecule has 1 rings (SSSR count). The number of nitrogens with zero attached hydrogens (tertiary/aromatic N) is 1. The molecule has 0 saturated carbocycles. The van der Waals surface area contributed by atoms with Crippen molar-refractivity contribution >= 4 is 0 Å². The van der Waals surface area contributed by atoms with Crippen molar-refractivity contribution in [1.29, 1.82) is 5.26 Å². The Balaban J connectivity index is 3.15. The maximum atomic E-state index is 13.1. The van der Waals surface area contributed by atoms with Gasteiger partial charge in [0, 0.05) is 0 Å². The van der Waals surface area contributed by atoms with E-state index in [1.165, 1.54) is 6.92 Å². The lowest BCUT2D eigenvalue weighted by molar-refractivity contribution is 0.253. The first-order chi connectivity index (χ1) is 6.50. The topological polar surface area (TPSA) is 49.8 Å². The Morgan fingerprint density at radius 2 is 1.93 bits per heavy atom. The van der Waals surface area contributed by atoms with Crippen molar-refractivity contribution in [1.82, 2.24) is 0 Å². The molecule has 0 saturated heterocycles. The van der Waals surface area contributed by atoms with E-state index in [0.29, 0.717) is 5.56 Å². The van der Waals surface area contributed by atoms with Crippen LogP contribution in [-0.4, -0.2) is 6.30 Å². The third-order valence-electron chi connectivity index (χ3n) is 2.44. The van der Waals surface area contributed by atoms with Gasteiger partial charge in [0.2, 0.25) is 0 Å². The fourth-order valence-corrected chi connectivity index (χ4v) is 1.19. The molecule has 1 aromatic carbocycles. The molecule has 0 aliphatic carbocycles. The van der Waals surface area contributed by atoms with E-state index in [1.807, 2.05) is 25.1 Å². The first-order valence-corrected chi connectivity index (χ1v) is 4.39. The van der Waals surface area contributed by atoms with Gasteiger partial charge in [-0.3, -0.25) is 0 Å². The van der Waals surface area contributed by atoms with Crippen LogP contribution in [0.15, 0.2) is 24.3 Å². The Morgan fingerprint density at radius 1 is 1.43 bits per heavy atom. The molecule has 0 fully saturated rings. The van der Waals surface area contributed by atoms with Gasteiger partial charge in [0.1, 0.15) is 5.41 Å². The van der Waals surface area contributed by atoms with Crippen molar-refractivity contribution in [3.8, 4) is 6.07 Å². The second kappa shape index (κ2) is 3.77. The molecule has 2 N–H and O–H groups in total. The zero-order valence-electron chi connectivity index (χ0n) is 8.29. The molecular weight excluding hydrogens is 179 g/mol. The maximum Gasteiger partial charge on any atom is 0.171 e. The van der Waals surface area contributed by atoms with Crippen molar-refractivity contribution in [3.05, 3.63) is 35.4 Å². The Hall–Kier alpha value is -1.40. The second-order valence-electron chi connectivity index (χ2n) is 3.58. The van der Waals surface area contributed by atoms with Gasteiger partial charge in [0.05, 0.1) is 6.07 Å². The van der Waals surface area contributed by atoms with Crippen LogP contribution in [-0.2, 0) is 5.41 Å². The highest BCUT2D eigenvalue weighted by molar-refractivity contribution is 5.34. The van der Waals surface area contributed by atoms with Gasteiger partial charge in [-0.15, -0.1) is 0 Å². The van der Waals surface area contributed by atoms with Crippen molar-refractivity contribution in [2.45, 2.75) is 25.6 Å². The summed E-state index contributed by atoms with van der Waals surface area (Å²) in [5, 5.41) is 8.91. The summed E-state index contributed by atoms with van der Waals surface area (Å²) >= 11 is 0. The average molecular weight is 192 g/mol. The van der Waals surface area contributed by atoms with Gasteiger partial charge in [-0.25, -0.2) is 4.39 Å². The highest BCUT2D eigenvalue weighted by Crippen LogP contribution is 2.26. The van der Waals surface area contributed by atoms with Crippen LogP contribution in [0.25, 0.3) is 0 Å². The van der Waals surface area contributed by atoms with Gasteiger partial charge in [-0.2, -0.15) is 5.26 Å². The number of alkyl halides is 1. The Labute approximate surface area is 83.2 Å². The summed E-state index contributed by atoms with van der Waals surface area (Å²) in [6.07, 6.45) is -1.67. The Morgan fingerprint density at radius 3 is 2.29 bits per heavy atom. The van der Waals surface area contributed by atoms with Crippen LogP contribution in [0.3, 0.4) is 0 Å². The maximum absolute atomic E-state index is 13.1. The normalized spacial score (nSPS) is 16.8. The van der Waals surface area contributed by atoms with E-state index in [2.05, 4.69) is 0 Å². The minimum Gasteiger partial charge on any atom is -0.300 e. The van der Waals surface area contributed by atoms with E-state index in [-0.39, 0.29) is 0 Å². The lowest BCUT2D eigenvalue weighted by Gasteiger charge is -2.23. The average Bonchev–Trinajstić information content (AvgIpc) is 2.17. The summed E-state index contributed by atoms with van der Waals surface area (Å²) in [6, 6.07) is 9.06. The molecule has 74 valence electrons. The number of nitrogens with two attached hydrogens (primary N) is 1. The van der Waals surface area contributed by atoms with Crippen molar-refractivity contribution < 1.29 is 4.39 Å². The fourth-order valence-electron chi connectivity index (χ4n) is 1.19. The first-order valence-electron chi connectivity index (χ1n) is 4.39. The molecule has 0 spiro atoms. The smallest absolute Gasteiger partial charge is 0.171 e. The molecule has 0 heterocycles. The third kappa shape index (κ3) is 1.75. The summed E-state index contributed by atoms with van der Waals surface area (Å²) in [6.45, 7) is 3.44. The minimum absolute atomic E-state index is 0.612. The van der Waals surface area contributed by atoms with Crippen molar-refractivity contribution in [3.63, 3.8) is 0 Å². The van der Waals surface area contributed by atoms with E-state index in [1.54, 1.807) is 12.1 Å². The number of benzene rings is 1. The summed E-state index contributed by atoms with van der Waals surface area (Å²) in [4.78, 5) is 0. The van der Waals surface area contributed by atoms with Crippen LogP contribution in [0.5, 0.6) is 0 Å². The molecule has 0 bridgehead atoms. The molecule has 2 nitrogen and oxygen atoms in total. The molecule has 3 heteroatoms. The predicted molar refractivity (Wildman–Crippen MR) is 53.2 cm³/mol. The van der Waals surface area contributed by atoms with Crippen LogP contribution in [0.2, 0.25) is 0 Å². The highest BCUT2D eigenvalue weighted by atomic mass is 19.1. The summed E-state index contributed by atoms with van der Waals surface area (Å²) < 4.78 is 13.1. The van der Waals surface area contributed by atoms with Crippen LogP contribution < -0.4 is 5.73 Å². The standard InChI is InChI=1S/C11H13FN2/c1-8-3-5-9(6-4-8)11(2,7-13)10(12)14/h3-6,10H,14H2,1-2H3. The Bertz CT molecular complexity index is 351. The van der Waals surface area contributed by atoms with Crippen molar-refractivity contribution in [2.24, 2.45) is 5.73 Å². The Kier molecular flexibility index (Phi) is 2.87. The highest BCUT2D eigenvalue weighted by Gasteiger charge is 2.34. The number of rotatable bonds is 2. The minimum atomic E-state index is -1.67. The molecule has 0 aliphatic rings. The van der Waals surface area contributed by atoms with Gasteiger partial charge >= 0.3 is 0 Å². The zero-order chi connectivity index (χ0) is 10.8. The molecule has 0 aromatic heterocycles. The molecule has 0 radical (unpaired) electrons. The number of nitriles is 1. The molecular formula is C11H13FN2. The molecule has 0 aliphatic heterocycles. The number of hydrogen-bond acceptors (Lipinski definition) is 2.